The number of fused-ring (bicyclic) bond motifs is 2. The van der Waals surface area contributed by atoms with Gasteiger partial charge in [0.15, 0.2) is 5.75 Å². The van der Waals surface area contributed by atoms with Gasteiger partial charge in [0.2, 0.25) is 0 Å². The number of halogens is 1. The molecule has 0 aromatic heterocycles. The summed E-state index contributed by atoms with van der Waals surface area (Å²) < 4.78 is 4.88. The topological polar surface area (TPSA) is 132 Å². The maximum Gasteiger partial charge on any atom is 0.341 e. The third-order valence-corrected chi connectivity index (χ3v) is 6.03. The minimum absolute atomic E-state index is 0.0106. The first-order valence-corrected chi connectivity index (χ1v) is 10.5. The number of carbonyl (C=O) groups is 3. The van der Waals surface area contributed by atoms with Gasteiger partial charge in [0.05, 0.1) is 28.3 Å². The highest BCUT2D eigenvalue weighted by atomic mass is 79.9. The molecular weight excluding hydrogens is 492 g/mol. The minimum Gasteiger partial charge on any atom is -0.505 e. The van der Waals surface area contributed by atoms with Gasteiger partial charge in [-0.15, -0.1) is 10.2 Å². The Morgan fingerprint density at radius 1 is 1.18 bits per heavy atom. The number of rotatable bonds is 4. The van der Waals surface area contributed by atoms with Crippen molar-refractivity contribution in [3.05, 3.63) is 63.1 Å². The Labute approximate surface area is 196 Å². The summed E-state index contributed by atoms with van der Waals surface area (Å²) in [4.78, 5) is 38.4. The second kappa shape index (κ2) is 8.44. The van der Waals surface area contributed by atoms with E-state index in [9.17, 15) is 24.8 Å². The third kappa shape index (κ3) is 3.43. The first kappa shape index (κ1) is 22.1. The number of hydrogen-bond acceptors (Lipinski definition) is 8. The van der Waals surface area contributed by atoms with E-state index in [-0.39, 0.29) is 44.6 Å². The van der Waals surface area contributed by atoms with Crippen LogP contribution in [0, 0.1) is 11.3 Å². The highest BCUT2D eigenvalue weighted by Gasteiger charge is 2.38. The van der Waals surface area contributed by atoms with Crippen LogP contribution in [0.15, 0.2) is 51.1 Å². The summed E-state index contributed by atoms with van der Waals surface area (Å²) in [5.74, 6) is -2.20. The number of hydrogen-bond donors (Lipinski definition) is 1. The van der Waals surface area contributed by atoms with Gasteiger partial charge in [-0.2, -0.15) is 5.26 Å². The lowest BCUT2D eigenvalue weighted by molar-refractivity contribution is 0.0595. The third-order valence-electron chi connectivity index (χ3n) is 5.26. The summed E-state index contributed by atoms with van der Waals surface area (Å²) in [7, 11) is 1.19. The monoisotopic (exact) mass is 506 g/mol. The van der Waals surface area contributed by atoms with Gasteiger partial charge in [-0.1, -0.05) is 24.3 Å². The standard InChI is InChI=1S/C23H15BrN4O5/c1-3-28-21(30)14-9-12(10-25)18(17(24)16(14)22(28)31)26-27-19-13-7-5-4-6-11(13)8-15(20(19)29)23(32)33-2/h4-9,29H,3H2,1-2H3/b27-26+. The van der Waals surface area contributed by atoms with E-state index in [2.05, 4.69) is 26.2 Å². The van der Waals surface area contributed by atoms with Crippen LogP contribution in [0.1, 0.15) is 43.6 Å². The largest absolute Gasteiger partial charge is 0.505 e. The van der Waals surface area contributed by atoms with Crippen LogP contribution in [-0.2, 0) is 4.74 Å². The molecule has 0 aliphatic carbocycles. The van der Waals surface area contributed by atoms with Gasteiger partial charge in [0.1, 0.15) is 23.0 Å². The quantitative estimate of drug-likeness (QED) is 0.300. The molecule has 1 N–H and O–H groups in total. The molecule has 164 valence electrons. The predicted molar refractivity (Wildman–Crippen MR) is 121 cm³/mol. The molecule has 0 saturated heterocycles. The number of phenols is 1. The molecular formula is C23H15BrN4O5. The lowest BCUT2D eigenvalue weighted by atomic mass is 10.0. The molecule has 9 nitrogen and oxygen atoms in total. The Morgan fingerprint density at radius 2 is 1.88 bits per heavy atom. The summed E-state index contributed by atoms with van der Waals surface area (Å²) in [6.45, 7) is 1.85. The van der Waals surface area contributed by atoms with Crippen LogP contribution in [0.5, 0.6) is 5.75 Å². The highest BCUT2D eigenvalue weighted by molar-refractivity contribution is 9.10. The maximum atomic E-state index is 12.7. The zero-order valence-electron chi connectivity index (χ0n) is 17.4. The molecule has 0 bridgehead atoms. The Morgan fingerprint density at radius 3 is 2.55 bits per heavy atom. The van der Waals surface area contributed by atoms with Gasteiger partial charge in [0, 0.05) is 11.9 Å². The van der Waals surface area contributed by atoms with Crippen molar-refractivity contribution in [3.63, 3.8) is 0 Å². The number of nitriles is 1. The van der Waals surface area contributed by atoms with E-state index < -0.39 is 23.5 Å². The molecule has 0 atom stereocenters. The van der Waals surface area contributed by atoms with E-state index in [4.69, 9.17) is 4.74 Å². The zero-order valence-corrected chi connectivity index (χ0v) is 19.0. The van der Waals surface area contributed by atoms with Gasteiger partial charge in [-0.05, 0) is 40.4 Å². The second-order valence-electron chi connectivity index (χ2n) is 7.01. The molecule has 0 saturated carbocycles. The number of ether oxygens (including phenoxy) is 1. The first-order chi connectivity index (χ1) is 15.8. The van der Waals surface area contributed by atoms with Crippen LogP contribution in [0.2, 0.25) is 0 Å². The van der Waals surface area contributed by atoms with Gasteiger partial charge in [0.25, 0.3) is 11.8 Å². The summed E-state index contributed by atoms with van der Waals surface area (Å²) in [6.07, 6.45) is 0. The Bertz CT molecular complexity index is 1440. The normalized spacial score (nSPS) is 13.0. The van der Waals surface area contributed by atoms with Crippen LogP contribution >= 0.6 is 15.9 Å². The smallest absolute Gasteiger partial charge is 0.341 e. The van der Waals surface area contributed by atoms with E-state index >= 15 is 0 Å². The summed E-state index contributed by atoms with van der Waals surface area (Å²) in [5, 5.41) is 29.7. The van der Waals surface area contributed by atoms with Crippen molar-refractivity contribution in [2.24, 2.45) is 10.2 Å². The summed E-state index contributed by atoms with van der Waals surface area (Å²) in [5.41, 5.74) is 0.108. The maximum absolute atomic E-state index is 12.7. The molecule has 0 spiro atoms. The summed E-state index contributed by atoms with van der Waals surface area (Å²) >= 11 is 3.30. The van der Waals surface area contributed by atoms with Crippen LogP contribution in [-0.4, -0.2) is 41.4 Å². The number of azo groups is 1. The van der Waals surface area contributed by atoms with Crippen molar-refractivity contribution in [2.75, 3.05) is 13.7 Å². The summed E-state index contributed by atoms with van der Waals surface area (Å²) in [6, 6.07) is 11.6. The van der Waals surface area contributed by atoms with Gasteiger partial charge < -0.3 is 9.84 Å². The van der Waals surface area contributed by atoms with Crippen molar-refractivity contribution in [3.8, 4) is 11.8 Å². The fourth-order valence-corrected chi connectivity index (χ4v) is 4.32. The Hall–Kier alpha value is -4.10. The average Bonchev–Trinajstić information content (AvgIpc) is 3.07. The van der Waals surface area contributed by atoms with E-state index in [0.29, 0.717) is 10.8 Å². The van der Waals surface area contributed by atoms with Crippen LogP contribution in [0.4, 0.5) is 11.4 Å². The van der Waals surface area contributed by atoms with Crippen molar-refractivity contribution in [2.45, 2.75) is 6.92 Å². The lowest BCUT2D eigenvalue weighted by Crippen LogP contribution is -2.29. The average molecular weight is 507 g/mol. The lowest BCUT2D eigenvalue weighted by Gasteiger charge is -2.10. The number of amides is 2. The van der Waals surface area contributed by atoms with Crippen LogP contribution in [0.25, 0.3) is 10.8 Å². The SMILES string of the molecule is CCN1C(=O)c2cc(C#N)c(/N=N/c3c(O)c(C(=O)OC)cc4ccccc34)c(Br)c2C1=O. The molecule has 1 aliphatic rings. The van der Waals surface area contributed by atoms with E-state index in [1.165, 1.54) is 19.2 Å². The Balaban J connectivity index is 1.93. The number of methoxy groups -OCH3 is 1. The molecule has 33 heavy (non-hydrogen) atoms. The number of imide groups is 1. The predicted octanol–water partition coefficient (Wildman–Crippen LogP) is 5.00. The molecule has 0 radical (unpaired) electrons. The van der Waals surface area contributed by atoms with Crippen LogP contribution in [0.3, 0.4) is 0 Å². The van der Waals surface area contributed by atoms with Gasteiger partial charge in [-0.3, -0.25) is 14.5 Å². The van der Waals surface area contributed by atoms with E-state index in [1.54, 1.807) is 31.2 Å². The molecule has 1 aliphatic heterocycles. The molecule has 4 rings (SSSR count). The van der Waals surface area contributed by atoms with Gasteiger partial charge in [-0.25, -0.2) is 4.79 Å². The molecule has 10 heteroatoms. The molecule has 3 aromatic carbocycles. The fourth-order valence-electron chi connectivity index (χ4n) is 3.64. The second-order valence-corrected chi connectivity index (χ2v) is 7.80. The van der Waals surface area contributed by atoms with Gasteiger partial charge >= 0.3 is 5.97 Å². The first-order valence-electron chi connectivity index (χ1n) is 9.71. The zero-order chi connectivity index (χ0) is 23.9. The number of phenolic OH excluding ortho intramolecular Hbond substituents is 1. The molecule has 2 amide bonds. The van der Waals surface area contributed by atoms with E-state index in [1.807, 2.05) is 6.07 Å². The van der Waals surface area contributed by atoms with Crippen molar-refractivity contribution < 1.29 is 24.2 Å². The number of benzene rings is 3. The number of carbonyl (C=O) groups excluding carboxylic acids is 3. The number of nitrogens with zero attached hydrogens (tertiary/aromatic N) is 4. The number of aromatic hydroxyl groups is 1. The molecule has 0 fully saturated rings. The van der Waals surface area contributed by atoms with Crippen molar-refractivity contribution in [1.82, 2.24) is 4.90 Å². The van der Waals surface area contributed by atoms with E-state index in [0.717, 1.165) is 4.90 Å². The fraction of sp³-hybridized carbons (Fsp3) is 0.130. The molecule has 0 unspecified atom stereocenters. The van der Waals surface area contributed by atoms with Crippen molar-refractivity contribution in [1.29, 1.82) is 5.26 Å². The molecule has 1 heterocycles. The van der Waals surface area contributed by atoms with Crippen molar-refractivity contribution >= 4 is 55.9 Å². The minimum atomic E-state index is -0.755. The number of esters is 1. The highest BCUT2D eigenvalue weighted by Crippen LogP contribution is 2.43. The van der Waals surface area contributed by atoms with Crippen LogP contribution < -0.4 is 0 Å². The molecule has 3 aromatic rings. The Kier molecular flexibility index (Phi) is 5.66.